The number of carbonyl (C=O) groups excluding carboxylic acids is 2. The molecule has 32 heavy (non-hydrogen) atoms. The molecule has 0 bridgehead atoms. The molecule has 1 aliphatic rings. The van der Waals surface area contributed by atoms with Crippen LogP contribution in [0, 0.1) is 3.57 Å². The predicted molar refractivity (Wildman–Crippen MR) is 127 cm³/mol. The second-order valence-corrected chi connectivity index (χ2v) is 8.14. The van der Waals surface area contributed by atoms with Gasteiger partial charge in [0.05, 0.1) is 29.0 Å². The van der Waals surface area contributed by atoms with Gasteiger partial charge in [0.15, 0.2) is 23.0 Å². The van der Waals surface area contributed by atoms with E-state index in [1.165, 1.54) is 6.21 Å². The number of nitrogens with zero attached hydrogens (tertiary/aromatic N) is 1. The van der Waals surface area contributed by atoms with E-state index in [1.807, 2.05) is 26.8 Å². The van der Waals surface area contributed by atoms with Crippen LogP contribution in [0.25, 0.3) is 0 Å². The summed E-state index contributed by atoms with van der Waals surface area (Å²) in [6.07, 6.45) is 1.51. The predicted octanol–water partition coefficient (Wildman–Crippen LogP) is 3.09. The molecule has 0 aromatic heterocycles. The molecule has 0 saturated carbocycles. The van der Waals surface area contributed by atoms with Crippen LogP contribution in [0.15, 0.2) is 35.4 Å². The molecule has 3 rings (SSSR count). The van der Waals surface area contributed by atoms with E-state index in [9.17, 15) is 9.59 Å². The molecule has 0 aliphatic carbocycles. The molecule has 2 amide bonds. The van der Waals surface area contributed by atoms with Crippen molar-refractivity contribution in [2.24, 2.45) is 5.10 Å². The molecule has 1 aliphatic heterocycles. The van der Waals surface area contributed by atoms with E-state index in [2.05, 4.69) is 38.4 Å². The highest BCUT2D eigenvalue weighted by molar-refractivity contribution is 14.1. The molecular formula is C22H24IN3O6. The van der Waals surface area contributed by atoms with Crippen LogP contribution in [0.3, 0.4) is 0 Å². The van der Waals surface area contributed by atoms with Crippen LogP contribution in [-0.2, 0) is 4.79 Å². The third-order valence-electron chi connectivity index (χ3n) is 4.13. The van der Waals surface area contributed by atoms with Gasteiger partial charge in [-0.05, 0) is 79.3 Å². The smallest absolute Gasteiger partial charge is 0.259 e. The zero-order valence-corrected chi connectivity index (χ0v) is 20.1. The fourth-order valence-corrected chi connectivity index (χ4v) is 3.55. The van der Waals surface area contributed by atoms with Gasteiger partial charge in [-0.3, -0.25) is 9.59 Å². The summed E-state index contributed by atoms with van der Waals surface area (Å²) in [5.74, 6) is 1.50. The zero-order valence-electron chi connectivity index (χ0n) is 17.9. The molecule has 0 spiro atoms. The Morgan fingerprint density at radius 1 is 1.22 bits per heavy atom. The van der Waals surface area contributed by atoms with Crippen LogP contribution in [0.4, 0.5) is 0 Å². The summed E-state index contributed by atoms with van der Waals surface area (Å²) < 4.78 is 22.8. The molecular weight excluding hydrogens is 529 g/mol. The number of hydrogen-bond acceptors (Lipinski definition) is 7. The average molecular weight is 553 g/mol. The number of carbonyl (C=O) groups is 2. The van der Waals surface area contributed by atoms with Crippen molar-refractivity contribution >= 4 is 40.6 Å². The number of amides is 2. The van der Waals surface area contributed by atoms with Crippen molar-refractivity contribution in [2.75, 3.05) is 19.9 Å². The number of rotatable bonds is 9. The standard InChI is InChI=1S/C22H24IN3O6/c1-4-29-19-8-14(7-16(23)21(19)32-13(2)3)10-25-26-20(27)11-24-22(28)15-5-6-17-18(9-15)31-12-30-17/h5-10,13H,4,11-12H2,1-3H3,(H,24,28)(H,26,27). The lowest BCUT2D eigenvalue weighted by Crippen LogP contribution is -2.34. The summed E-state index contributed by atoms with van der Waals surface area (Å²) in [6.45, 7) is 6.17. The van der Waals surface area contributed by atoms with E-state index < -0.39 is 11.8 Å². The quantitative estimate of drug-likeness (QED) is 0.281. The second-order valence-electron chi connectivity index (χ2n) is 6.97. The van der Waals surface area contributed by atoms with Crippen molar-refractivity contribution in [1.82, 2.24) is 10.7 Å². The number of ether oxygens (including phenoxy) is 4. The number of halogens is 1. The lowest BCUT2D eigenvalue weighted by Gasteiger charge is -2.16. The third-order valence-corrected chi connectivity index (χ3v) is 4.93. The van der Waals surface area contributed by atoms with Gasteiger partial charge in [0.25, 0.3) is 11.8 Å². The summed E-state index contributed by atoms with van der Waals surface area (Å²) in [7, 11) is 0. The Bertz CT molecular complexity index is 1020. The first-order valence-electron chi connectivity index (χ1n) is 10.00. The zero-order chi connectivity index (χ0) is 23.1. The topological polar surface area (TPSA) is 107 Å². The molecule has 0 unspecified atom stereocenters. The Kier molecular flexibility index (Phi) is 8.14. The summed E-state index contributed by atoms with van der Waals surface area (Å²) in [6, 6.07) is 8.48. The minimum Gasteiger partial charge on any atom is -0.490 e. The summed E-state index contributed by atoms with van der Waals surface area (Å²) in [5.41, 5.74) is 3.50. The Morgan fingerprint density at radius 3 is 2.75 bits per heavy atom. The Hall–Kier alpha value is -3.02. The summed E-state index contributed by atoms with van der Waals surface area (Å²) >= 11 is 2.17. The molecule has 1 heterocycles. The molecule has 10 heteroatoms. The van der Waals surface area contributed by atoms with E-state index in [0.717, 1.165) is 9.13 Å². The van der Waals surface area contributed by atoms with Gasteiger partial charge in [0, 0.05) is 5.56 Å². The molecule has 0 saturated heterocycles. The van der Waals surface area contributed by atoms with E-state index >= 15 is 0 Å². The van der Waals surface area contributed by atoms with Gasteiger partial charge in [-0.25, -0.2) is 5.43 Å². The van der Waals surface area contributed by atoms with Crippen molar-refractivity contribution in [1.29, 1.82) is 0 Å². The SMILES string of the molecule is CCOc1cc(C=NNC(=O)CNC(=O)c2ccc3c(c2)OCO3)cc(I)c1OC(C)C. The van der Waals surface area contributed by atoms with Gasteiger partial charge >= 0.3 is 0 Å². The minimum absolute atomic E-state index is 0.00870. The van der Waals surface area contributed by atoms with E-state index in [1.54, 1.807) is 24.3 Å². The van der Waals surface area contributed by atoms with Gasteiger partial charge in [-0.1, -0.05) is 0 Å². The maximum Gasteiger partial charge on any atom is 0.259 e. The number of hydrazone groups is 1. The van der Waals surface area contributed by atoms with Crippen molar-refractivity contribution in [3.63, 3.8) is 0 Å². The molecule has 0 fully saturated rings. The fourth-order valence-electron chi connectivity index (χ4n) is 2.79. The third kappa shape index (κ3) is 6.25. The second kappa shape index (κ2) is 11.0. The highest BCUT2D eigenvalue weighted by atomic mass is 127. The van der Waals surface area contributed by atoms with Gasteiger partial charge < -0.3 is 24.3 Å². The molecule has 2 aromatic rings. The summed E-state index contributed by atoms with van der Waals surface area (Å²) in [4.78, 5) is 24.3. The molecule has 2 aromatic carbocycles. The van der Waals surface area contributed by atoms with Gasteiger partial charge in [-0.2, -0.15) is 5.10 Å². The van der Waals surface area contributed by atoms with Gasteiger partial charge in [-0.15, -0.1) is 0 Å². The van der Waals surface area contributed by atoms with Crippen LogP contribution in [0.2, 0.25) is 0 Å². The molecule has 0 radical (unpaired) electrons. The first kappa shape index (κ1) is 23.6. The molecule has 0 atom stereocenters. The van der Waals surface area contributed by atoms with E-state index in [0.29, 0.717) is 35.2 Å². The molecule has 170 valence electrons. The van der Waals surface area contributed by atoms with Crippen LogP contribution in [-0.4, -0.2) is 44.1 Å². The minimum atomic E-state index is -0.463. The Morgan fingerprint density at radius 2 is 2.00 bits per heavy atom. The highest BCUT2D eigenvalue weighted by Gasteiger charge is 2.17. The Labute approximate surface area is 199 Å². The molecule has 9 nitrogen and oxygen atoms in total. The van der Waals surface area contributed by atoms with Gasteiger partial charge in [0.2, 0.25) is 6.79 Å². The monoisotopic (exact) mass is 553 g/mol. The Balaban J connectivity index is 1.55. The first-order valence-corrected chi connectivity index (χ1v) is 11.1. The first-order chi connectivity index (χ1) is 15.4. The lowest BCUT2D eigenvalue weighted by atomic mass is 10.2. The van der Waals surface area contributed by atoms with Crippen molar-refractivity contribution < 1.29 is 28.5 Å². The van der Waals surface area contributed by atoms with Crippen LogP contribution >= 0.6 is 22.6 Å². The van der Waals surface area contributed by atoms with Crippen LogP contribution in [0.1, 0.15) is 36.7 Å². The lowest BCUT2D eigenvalue weighted by molar-refractivity contribution is -0.120. The van der Waals surface area contributed by atoms with Gasteiger partial charge in [0.1, 0.15) is 0 Å². The normalized spacial score (nSPS) is 12.2. The van der Waals surface area contributed by atoms with Crippen LogP contribution in [0.5, 0.6) is 23.0 Å². The summed E-state index contributed by atoms with van der Waals surface area (Å²) in [5, 5.41) is 6.50. The highest BCUT2D eigenvalue weighted by Crippen LogP contribution is 2.35. The van der Waals surface area contributed by atoms with Crippen molar-refractivity contribution in [2.45, 2.75) is 26.9 Å². The maximum atomic E-state index is 12.2. The van der Waals surface area contributed by atoms with E-state index in [4.69, 9.17) is 18.9 Å². The average Bonchev–Trinajstić information content (AvgIpc) is 3.22. The largest absolute Gasteiger partial charge is 0.490 e. The fraction of sp³-hybridized carbons (Fsp3) is 0.318. The number of hydrogen-bond donors (Lipinski definition) is 2. The van der Waals surface area contributed by atoms with E-state index in [-0.39, 0.29) is 19.4 Å². The molecule has 2 N–H and O–H groups in total. The van der Waals surface area contributed by atoms with Crippen molar-refractivity contribution in [3.05, 3.63) is 45.0 Å². The number of benzene rings is 2. The van der Waals surface area contributed by atoms with Crippen molar-refractivity contribution in [3.8, 4) is 23.0 Å². The van der Waals surface area contributed by atoms with Crippen LogP contribution < -0.4 is 29.7 Å². The number of nitrogens with one attached hydrogen (secondary N) is 2. The number of fused-ring (bicyclic) bond motifs is 1. The maximum absolute atomic E-state index is 12.2.